The second kappa shape index (κ2) is 7.47. The average molecular weight is 387 g/mol. The van der Waals surface area contributed by atoms with Crippen molar-refractivity contribution in [1.82, 2.24) is 4.90 Å². The van der Waals surface area contributed by atoms with Crippen LogP contribution in [0.2, 0.25) is 0 Å². The molecule has 0 bridgehead atoms. The topological polar surface area (TPSA) is 55.8 Å². The van der Waals surface area contributed by atoms with Gasteiger partial charge in [-0.1, -0.05) is 54.3 Å². The molecular formula is C19H17NO4S2. The minimum atomic E-state index is -0.771. The van der Waals surface area contributed by atoms with Crippen molar-refractivity contribution in [3.63, 3.8) is 0 Å². The van der Waals surface area contributed by atoms with Gasteiger partial charge < -0.3 is 9.47 Å². The van der Waals surface area contributed by atoms with Crippen LogP contribution in [0.3, 0.4) is 0 Å². The number of hydrogen-bond donors (Lipinski definition) is 0. The lowest BCUT2D eigenvalue weighted by atomic mass is 10.0. The molecule has 1 aliphatic rings. The van der Waals surface area contributed by atoms with Crippen LogP contribution < -0.4 is 4.74 Å². The van der Waals surface area contributed by atoms with Gasteiger partial charge >= 0.3 is 5.97 Å². The maximum atomic E-state index is 12.8. The van der Waals surface area contributed by atoms with Crippen LogP contribution in [-0.4, -0.2) is 41.4 Å². The first-order valence-electron chi connectivity index (χ1n) is 7.88. The number of amides is 1. The van der Waals surface area contributed by atoms with E-state index >= 15 is 0 Å². The molecule has 1 saturated heterocycles. The molecule has 7 heteroatoms. The third-order valence-electron chi connectivity index (χ3n) is 4.18. The summed E-state index contributed by atoms with van der Waals surface area (Å²) in [6.45, 7) is 1.60. The van der Waals surface area contributed by atoms with E-state index in [0.717, 1.165) is 16.3 Å². The largest absolute Gasteiger partial charge is 0.496 e. The third kappa shape index (κ3) is 3.20. The lowest BCUT2D eigenvalue weighted by molar-refractivity contribution is -0.147. The summed E-state index contributed by atoms with van der Waals surface area (Å²) in [5.41, 5.74) is 0.803. The second-order valence-corrected chi connectivity index (χ2v) is 7.33. The van der Waals surface area contributed by atoms with Crippen molar-refractivity contribution in [3.05, 3.63) is 46.9 Å². The second-order valence-electron chi connectivity index (χ2n) is 5.65. The van der Waals surface area contributed by atoms with Crippen molar-refractivity contribution >= 4 is 57.0 Å². The zero-order valence-corrected chi connectivity index (χ0v) is 16.1. The molecule has 1 aliphatic heterocycles. The molecule has 0 aliphatic carbocycles. The molecule has 5 nitrogen and oxygen atoms in total. The van der Waals surface area contributed by atoms with Gasteiger partial charge in [-0.15, -0.1) is 0 Å². The van der Waals surface area contributed by atoms with Crippen LogP contribution in [0.25, 0.3) is 16.8 Å². The van der Waals surface area contributed by atoms with Crippen LogP contribution in [0, 0.1) is 0 Å². The van der Waals surface area contributed by atoms with E-state index in [-0.39, 0.29) is 5.91 Å². The third-order valence-corrected chi connectivity index (χ3v) is 5.51. The van der Waals surface area contributed by atoms with Crippen LogP contribution >= 0.6 is 24.0 Å². The highest BCUT2D eigenvalue weighted by atomic mass is 32.2. The summed E-state index contributed by atoms with van der Waals surface area (Å²) in [5, 5.41) is 2.01. The fourth-order valence-corrected chi connectivity index (χ4v) is 4.22. The van der Waals surface area contributed by atoms with E-state index in [0.29, 0.717) is 15.0 Å². The molecular weight excluding hydrogens is 370 g/mol. The fourth-order valence-electron chi connectivity index (χ4n) is 2.82. The predicted molar refractivity (Wildman–Crippen MR) is 107 cm³/mol. The number of benzene rings is 2. The van der Waals surface area contributed by atoms with Gasteiger partial charge in [0.15, 0.2) is 0 Å². The minimum absolute atomic E-state index is 0.312. The van der Waals surface area contributed by atoms with Gasteiger partial charge in [0.25, 0.3) is 5.91 Å². The van der Waals surface area contributed by atoms with Crippen LogP contribution in [-0.2, 0) is 14.3 Å². The monoisotopic (exact) mass is 387 g/mol. The number of fused-ring (bicyclic) bond motifs is 1. The van der Waals surface area contributed by atoms with Crippen molar-refractivity contribution < 1.29 is 19.1 Å². The molecule has 0 unspecified atom stereocenters. The molecule has 1 atom stereocenters. The molecule has 2 aromatic carbocycles. The average Bonchev–Trinajstić information content (AvgIpc) is 2.94. The van der Waals surface area contributed by atoms with E-state index in [2.05, 4.69) is 0 Å². The Labute approximate surface area is 160 Å². The molecule has 0 saturated carbocycles. The van der Waals surface area contributed by atoms with Crippen LogP contribution in [0.1, 0.15) is 12.5 Å². The van der Waals surface area contributed by atoms with Gasteiger partial charge in [-0.3, -0.25) is 9.69 Å². The first kappa shape index (κ1) is 18.4. The van der Waals surface area contributed by atoms with E-state index in [9.17, 15) is 9.59 Å². The Bertz CT molecular complexity index is 938. The first-order chi connectivity index (χ1) is 12.5. The summed E-state index contributed by atoms with van der Waals surface area (Å²) in [6, 6.07) is 10.9. The lowest BCUT2D eigenvalue weighted by Gasteiger charge is -2.20. The van der Waals surface area contributed by atoms with Gasteiger partial charge in [0.2, 0.25) is 0 Å². The molecule has 0 N–H and O–H groups in total. The number of esters is 1. The Hall–Kier alpha value is -2.38. The number of nitrogens with zero attached hydrogens (tertiary/aromatic N) is 1. The Kier molecular flexibility index (Phi) is 5.29. The highest BCUT2D eigenvalue weighted by molar-refractivity contribution is 8.26. The van der Waals surface area contributed by atoms with Gasteiger partial charge in [-0.2, -0.15) is 0 Å². The fraction of sp³-hybridized carbons (Fsp3) is 0.211. The van der Waals surface area contributed by atoms with Gasteiger partial charge in [0, 0.05) is 5.56 Å². The van der Waals surface area contributed by atoms with Crippen LogP contribution in [0.15, 0.2) is 41.3 Å². The normalized spacial score (nSPS) is 17.0. The Morgan fingerprint density at radius 2 is 1.96 bits per heavy atom. The van der Waals surface area contributed by atoms with Crippen molar-refractivity contribution in [2.45, 2.75) is 13.0 Å². The number of thiocarbonyl (C=S) groups is 1. The number of carbonyl (C=O) groups excluding carboxylic acids is 2. The van der Waals surface area contributed by atoms with E-state index in [1.54, 1.807) is 20.1 Å². The molecule has 0 radical (unpaired) electrons. The smallest absolute Gasteiger partial charge is 0.328 e. The molecule has 3 rings (SSSR count). The maximum absolute atomic E-state index is 12.8. The summed E-state index contributed by atoms with van der Waals surface area (Å²) in [5.74, 6) is -0.159. The van der Waals surface area contributed by atoms with Crippen LogP contribution in [0.4, 0.5) is 0 Å². The summed E-state index contributed by atoms with van der Waals surface area (Å²) in [6.07, 6.45) is 1.77. The zero-order valence-electron chi connectivity index (χ0n) is 14.5. The Balaban J connectivity index is 2.06. The standard InChI is InChI=1S/C19H17NO4S2/c1-11(18(22)24-3)20-17(21)16(26-19(20)25)10-14-13-7-5-4-6-12(13)8-9-15(14)23-2/h4-11H,1-3H3/b16-10-/t11-/m1/s1. The number of hydrogen-bond acceptors (Lipinski definition) is 6. The molecule has 1 fully saturated rings. The van der Waals surface area contributed by atoms with Gasteiger partial charge in [0.05, 0.1) is 19.1 Å². The quantitative estimate of drug-likeness (QED) is 0.454. The van der Waals surface area contributed by atoms with Gasteiger partial charge in [0.1, 0.15) is 16.1 Å². The van der Waals surface area contributed by atoms with Gasteiger partial charge in [-0.25, -0.2) is 4.79 Å². The number of carbonyl (C=O) groups is 2. The van der Waals surface area contributed by atoms with Crippen LogP contribution in [0.5, 0.6) is 5.75 Å². The molecule has 1 heterocycles. The molecule has 26 heavy (non-hydrogen) atoms. The van der Waals surface area contributed by atoms with Gasteiger partial charge in [-0.05, 0) is 29.8 Å². The predicted octanol–water partition coefficient (Wildman–Crippen LogP) is 3.61. The van der Waals surface area contributed by atoms with E-state index < -0.39 is 12.0 Å². The molecule has 0 spiro atoms. The van der Waals surface area contributed by atoms with Crippen molar-refractivity contribution in [2.75, 3.05) is 14.2 Å². The Morgan fingerprint density at radius 1 is 1.23 bits per heavy atom. The maximum Gasteiger partial charge on any atom is 0.328 e. The first-order valence-corrected chi connectivity index (χ1v) is 9.11. The molecule has 134 valence electrons. The van der Waals surface area contributed by atoms with Crippen molar-refractivity contribution in [2.24, 2.45) is 0 Å². The Morgan fingerprint density at radius 3 is 2.65 bits per heavy atom. The molecule has 1 amide bonds. The summed E-state index contributed by atoms with van der Waals surface area (Å²) < 4.78 is 10.5. The molecule has 2 aromatic rings. The number of ether oxygens (including phenoxy) is 2. The van der Waals surface area contributed by atoms with Crippen molar-refractivity contribution in [3.8, 4) is 5.75 Å². The summed E-state index contributed by atoms with van der Waals surface area (Å²) in [7, 11) is 2.87. The lowest BCUT2D eigenvalue weighted by Crippen LogP contribution is -2.42. The SMILES string of the molecule is COC(=O)[C@@H](C)N1C(=O)/C(=C/c2c(OC)ccc3ccccc23)SC1=S. The summed E-state index contributed by atoms with van der Waals surface area (Å²) >= 11 is 6.47. The van der Waals surface area contributed by atoms with E-state index in [4.69, 9.17) is 21.7 Å². The van der Waals surface area contributed by atoms with E-state index in [1.807, 2.05) is 36.4 Å². The summed E-state index contributed by atoms with van der Waals surface area (Å²) in [4.78, 5) is 26.4. The van der Waals surface area contributed by atoms with E-state index in [1.165, 1.54) is 23.8 Å². The zero-order chi connectivity index (χ0) is 18.8. The number of thioether (sulfide) groups is 1. The van der Waals surface area contributed by atoms with Crippen molar-refractivity contribution in [1.29, 1.82) is 0 Å². The number of methoxy groups -OCH3 is 2. The highest BCUT2D eigenvalue weighted by Crippen LogP contribution is 2.37. The number of rotatable bonds is 4. The molecule has 0 aromatic heterocycles. The minimum Gasteiger partial charge on any atom is -0.496 e. The highest BCUT2D eigenvalue weighted by Gasteiger charge is 2.38.